The summed E-state index contributed by atoms with van der Waals surface area (Å²) in [6, 6.07) is 15.7. The number of carbonyl (C=O) groups is 2. The number of hydrogen-bond acceptors (Lipinski definition) is 4. The second-order valence-electron chi connectivity index (χ2n) is 7.11. The molecule has 2 N–H and O–H groups in total. The van der Waals surface area contributed by atoms with Gasteiger partial charge in [-0.05, 0) is 30.5 Å². The van der Waals surface area contributed by atoms with Crippen molar-refractivity contribution in [1.82, 2.24) is 10.2 Å². The Labute approximate surface area is 165 Å². The Kier molecular flexibility index (Phi) is 6.66. The van der Waals surface area contributed by atoms with Crippen molar-refractivity contribution in [3.05, 3.63) is 59.7 Å². The second kappa shape index (κ2) is 9.37. The minimum atomic E-state index is -0.165. The van der Waals surface area contributed by atoms with Gasteiger partial charge in [-0.3, -0.25) is 14.5 Å². The van der Waals surface area contributed by atoms with E-state index in [0.717, 1.165) is 32.5 Å². The van der Waals surface area contributed by atoms with Crippen molar-refractivity contribution in [2.24, 2.45) is 0 Å². The lowest BCUT2D eigenvalue weighted by molar-refractivity contribution is -0.114. The number of hydrogen-bond donors (Lipinski definition) is 2. The molecule has 2 aromatic rings. The predicted octanol–water partition coefficient (Wildman–Crippen LogP) is 3.05. The highest BCUT2D eigenvalue weighted by Gasteiger charge is 2.22. The maximum atomic E-state index is 12.7. The monoisotopic (exact) mass is 381 g/mol. The van der Waals surface area contributed by atoms with Crippen LogP contribution in [0.2, 0.25) is 0 Å². The number of benzene rings is 2. The van der Waals surface area contributed by atoms with Crippen molar-refractivity contribution < 1.29 is 14.3 Å². The van der Waals surface area contributed by atoms with Gasteiger partial charge in [0.05, 0.1) is 12.7 Å². The van der Waals surface area contributed by atoms with Gasteiger partial charge >= 0.3 is 0 Å². The predicted molar refractivity (Wildman–Crippen MR) is 110 cm³/mol. The summed E-state index contributed by atoms with van der Waals surface area (Å²) in [5.41, 5.74) is 2.40. The van der Waals surface area contributed by atoms with Gasteiger partial charge in [-0.2, -0.15) is 0 Å². The summed E-state index contributed by atoms with van der Waals surface area (Å²) >= 11 is 0. The van der Waals surface area contributed by atoms with E-state index in [9.17, 15) is 9.59 Å². The van der Waals surface area contributed by atoms with E-state index in [-0.39, 0.29) is 17.9 Å². The van der Waals surface area contributed by atoms with Crippen molar-refractivity contribution in [2.75, 3.05) is 25.5 Å². The molecule has 2 amide bonds. The molecule has 6 heteroatoms. The zero-order chi connectivity index (χ0) is 19.9. The zero-order valence-electron chi connectivity index (χ0n) is 16.4. The number of anilines is 1. The summed E-state index contributed by atoms with van der Waals surface area (Å²) in [7, 11) is 1.52. The number of nitrogens with one attached hydrogen (secondary N) is 2. The number of piperidine rings is 1. The lowest BCUT2D eigenvalue weighted by atomic mass is 10.0. The van der Waals surface area contributed by atoms with Crippen molar-refractivity contribution >= 4 is 17.5 Å². The fraction of sp³-hybridized carbons (Fsp3) is 0.364. The fourth-order valence-corrected chi connectivity index (χ4v) is 3.50. The van der Waals surface area contributed by atoms with Gasteiger partial charge in [0.25, 0.3) is 5.91 Å². The first-order chi connectivity index (χ1) is 13.5. The Morgan fingerprint density at radius 1 is 1.11 bits per heavy atom. The number of methoxy groups -OCH3 is 1. The van der Waals surface area contributed by atoms with E-state index in [4.69, 9.17) is 4.74 Å². The Morgan fingerprint density at radius 3 is 2.46 bits per heavy atom. The summed E-state index contributed by atoms with van der Waals surface area (Å²) in [6.07, 6.45) is 1.84. The van der Waals surface area contributed by atoms with Crippen molar-refractivity contribution in [3.8, 4) is 5.75 Å². The quantitative estimate of drug-likeness (QED) is 0.807. The lowest BCUT2D eigenvalue weighted by Crippen LogP contribution is -2.44. The highest BCUT2D eigenvalue weighted by molar-refractivity contribution is 5.98. The molecule has 6 nitrogen and oxygen atoms in total. The normalized spacial score (nSPS) is 15.1. The van der Waals surface area contributed by atoms with Crippen LogP contribution in [0.25, 0.3) is 0 Å². The van der Waals surface area contributed by atoms with Crippen molar-refractivity contribution in [3.63, 3.8) is 0 Å². The molecule has 148 valence electrons. The van der Waals surface area contributed by atoms with E-state index in [1.165, 1.54) is 19.6 Å². The highest BCUT2D eigenvalue weighted by atomic mass is 16.5. The van der Waals surface area contributed by atoms with Gasteiger partial charge < -0.3 is 15.4 Å². The first-order valence-electron chi connectivity index (χ1n) is 9.58. The van der Waals surface area contributed by atoms with Crippen LogP contribution in [0.4, 0.5) is 5.69 Å². The number of amides is 2. The van der Waals surface area contributed by atoms with Gasteiger partial charge in [-0.1, -0.05) is 30.3 Å². The minimum Gasteiger partial charge on any atom is -0.496 e. The van der Waals surface area contributed by atoms with Crippen LogP contribution >= 0.6 is 0 Å². The third-order valence-electron chi connectivity index (χ3n) is 4.94. The number of nitrogens with zero attached hydrogens (tertiary/aromatic N) is 1. The molecule has 0 unspecified atom stereocenters. The molecule has 1 aliphatic heterocycles. The molecule has 0 aromatic heterocycles. The first-order valence-corrected chi connectivity index (χ1v) is 9.58. The van der Waals surface area contributed by atoms with Crippen LogP contribution in [0, 0.1) is 0 Å². The summed E-state index contributed by atoms with van der Waals surface area (Å²) in [4.78, 5) is 26.3. The zero-order valence-corrected chi connectivity index (χ0v) is 16.4. The average molecular weight is 381 g/mol. The molecule has 1 aliphatic rings. The maximum Gasteiger partial charge on any atom is 0.255 e. The number of likely N-dealkylation sites (tertiary alicyclic amines) is 1. The molecule has 1 heterocycles. The Balaban J connectivity index is 1.55. The largest absolute Gasteiger partial charge is 0.496 e. The average Bonchev–Trinajstić information content (AvgIpc) is 2.69. The summed E-state index contributed by atoms with van der Waals surface area (Å²) in [5.74, 6) is 0.138. The molecule has 0 radical (unpaired) electrons. The summed E-state index contributed by atoms with van der Waals surface area (Å²) in [5, 5.41) is 5.82. The SMILES string of the molecule is COc1cc(NC(C)=O)ccc1C(=O)NC1CCN(Cc2ccccc2)CC1. The van der Waals surface area contributed by atoms with Crippen molar-refractivity contribution in [1.29, 1.82) is 0 Å². The van der Waals surface area contributed by atoms with Gasteiger partial charge in [0.1, 0.15) is 5.75 Å². The second-order valence-corrected chi connectivity index (χ2v) is 7.11. The van der Waals surface area contributed by atoms with Crippen molar-refractivity contribution in [2.45, 2.75) is 32.4 Å². The van der Waals surface area contributed by atoms with Gasteiger partial charge in [0.15, 0.2) is 0 Å². The molecule has 2 aromatic carbocycles. The molecule has 0 bridgehead atoms. The molecule has 0 aliphatic carbocycles. The third kappa shape index (κ3) is 5.33. The molecule has 28 heavy (non-hydrogen) atoms. The molecular formula is C22H27N3O3. The van der Waals surface area contributed by atoms with Crippen LogP contribution in [-0.4, -0.2) is 43.0 Å². The van der Waals surface area contributed by atoms with E-state index in [1.807, 2.05) is 6.07 Å². The highest BCUT2D eigenvalue weighted by Crippen LogP contribution is 2.24. The molecule has 1 saturated heterocycles. The third-order valence-corrected chi connectivity index (χ3v) is 4.94. The van der Waals surface area contributed by atoms with Gasteiger partial charge in [-0.25, -0.2) is 0 Å². The Hall–Kier alpha value is -2.86. The molecule has 1 fully saturated rings. The number of rotatable bonds is 6. The van der Waals surface area contributed by atoms with Crippen LogP contribution in [0.15, 0.2) is 48.5 Å². The van der Waals surface area contributed by atoms with Gasteiger partial charge in [-0.15, -0.1) is 0 Å². The number of carbonyl (C=O) groups excluding carboxylic acids is 2. The maximum absolute atomic E-state index is 12.7. The van der Waals surface area contributed by atoms with Crippen LogP contribution in [0.1, 0.15) is 35.7 Å². The molecular weight excluding hydrogens is 354 g/mol. The molecule has 0 atom stereocenters. The van der Waals surface area contributed by atoms with E-state index >= 15 is 0 Å². The first kappa shape index (κ1) is 19.9. The Bertz CT molecular complexity index is 815. The number of ether oxygens (including phenoxy) is 1. The Morgan fingerprint density at radius 2 is 1.82 bits per heavy atom. The molecule has 3 rings (SSSR count). The van der Waals surface area contributed by atoms with Gasteiger partial charge in [0, 0.05) is 44.4 Å². The fourth-order valence-electron chi connectivity index (χ4n) is 3.50. The van der Waals surface area contributed by atoms with Crippen LogP contribution in [-0.2, 0) is 11.3 Å². The smallest absolute Gasteiger partial charge is 0.255 e. The summed E-state index contributed by atoms with van der Waals surface area (Å²) < 4.78 is 5.34. The molecule has 0 saturated carbocycles. The molecule has 0 spiro atoms. The summed E-state index contributed by atoms with van der Waals surface area (Å²) in [6.45, 7) is 4.30. The van der Waals surface area contributed by atoms with E-state index in [0.29, 0.717) is 17.0 Å². The topological polar surface area (TPSA) is 70.7 Å². The van der Waals surface area contributed by atoms with E-state index in [1.54, 1.807) is 18.2 Å². The van der Waals surface area contributed by atoms with Gasteiger partial charge in [0.2, 0.25) is 5.91 Å². The standard InChI is InChI=1S/C22H27N3O3/c1-16(26)23-19-8-9-20(21(14-19)28-2)22(27)24-18-10-12-25(13-11-18)15-17-6-4-3-5-7-17/h3-9,14,18H,10-13,15H2,1-2H3,(H,23,26)(H,24,27). The van der Waals surface area contributed by atoms with Crippen LogP contribution in [0.5, 0.6) is 5.75 Å². The van der Waals surface area contributed by atoms with E-state index < -0.39 is 0 Å². The minimum absolute atomic E-state index is 0.146. The van der Waals surface area contributed by atoms with E-state index in [2.05, 4.69) is 39.8 Å². The van der Waals surface area contributed by atoms with Crippen LogP contribution in [0.3, 0.4) is 0 Å². The lowest BCUT2D eigenvalue weighted by Gasteiger charge is -2.32. The van der Waals surface area contributed by atoms with Crippen LogP contribution < -0.4 is 15.4 Å².